The molecule has 0 bridgehead atoms. The summed E-state index contributed by atoms with van der Waals surface area (Å²) in [6, 6.07) is 3.49. The van der Waals surface area contributed by atoms with Crippen LogP contribution < -0.4 is 5.32 Å². The number of aromatic nitrogens is 3. The number of pyridine rings is 1. The molecule has 1 amide bonds. The molecule has 0 aliphatic heterocycles. The van der Waals surface area contributed by atoms with Crippen LogP contribution in [-0.2, 0) is 6.42 Å². The van der Waals surface area contributed by atoms with E-state index in [9.17, 15) is 4.79 Å². The van der Waals surface area contributed by atoms with Gasteiger partial charge in [0.25, 0.3) is 5.91 Å². The number of nitrogens with one attached hydrogen (secondary N) is 2. The molecule has 0 spiro atoms. The van der Waals surface area contributed by atoms with E-state index in [4.69, 9.17) is 0 Å². The maximum Gasteiger partial charge on any atom is 0.252 e. The number of aryl methyl sites for hydroxylation is 1. The lowest BCUT2D eigenvalue weighted by Gasteiger charge is -2.03. The smallest absolute Gasteiger partial charge is 0.252 e. The summed E-state index contributed by atoms with van der Waals surface area (Å²) < 4.78 is 0. The normalized spacial score (nSPS) is 10.1. The van der Waals surface area contributed by atoms with Gasteiger partial charge in [0.2, 0.25) is 0 Å². The van der Waals surface area contributed by atoms with Gasteiger partial charge in [-0.05, 0) is 18.6 Å². The fourth-order valence-corrected chi connectivity index (χ4v) is 1.49. The Balaban J connectivity index is 1.70. The molecule has 0 fully saturated rings. The Morgan fingerprint density at radius 1 is 1.41 bits per heavy atom. The van der Waals surface area contributed by atoms with Gasteiger partial charge < -0.3 is 10.3 Å². The quantitative estimate of drug-likeness (QED) is 0.757. The van der Waals surface area contributed by atoms with Gasteiger partial charge in [-0.1, -0.05) is 0 Å². The molecule has 0 aromatic carbocycles. The average Bonchev–Trinajstić information content (AvgIpc) is 2.88. The number of imidazole rings is 1. The maximum absolute atomic E-state index is 11.6. The lowest BCUT2D eigenvalue weighted by atomic mass is 10.2. The molecule has 0 atom stereocenters. The minimum absolute atomic E-state index is 0.0856. The second kappa shape index (κ2) is 5.79. The van der Waals surface area contributed by atoms with Crippen LogP contribution in [0.1, 0.15) is 22.6 Å². The van der Waals surface area contributed by atoms with E-state index >= 15 is 0 Å². The van der Waals surface area contributed by atoms with E-state index in [2.05, 4.69) is 20.3 Å². The highest BCUT2D eigenvalue weighted by molar-refractivity contribution is 5.93. The first kappa shape index (κ1) is 11.3. The number of carbonyl (C=O) groups is 1. The number of hydrogen-bond acceptors (Lipinski definition) is 3. The third-order valence-corrected chi connectivity index (χ3v) is 2.35. The lowest BCUT2D eigenvalue weighted by molar-refractivity contribution is 0.0953. The predicted octanol–water partition coefficient (Wildman–Crippen LogP) is 1.17. The summed E-state index contributed by atoms with van der Waals surface area (Å²) in [7, 11) is 0. The molecule has 0 aliphatic rings. The third kappa shape index (κ3) is 3.41. The van der Waals surface area contributed by atoms with Gasteiger partial charge in [-0.2, -0.15) is 0 Å². The molecule has 2 aromatic heterocycles. The first-order valence-corrected chi connectivity index (χ1v) is 5.53. The van der Waals surface area contributed by atoms with Crippen LogP contribution >= 0.6 is 0 Å². The van der Waals surface area contributed by atoms with Crippen LogP contribution in [0.15, 0.2) is 36.9 Å². The molecular weight excluding hydrogens is 216 g/mol. The molecule has 5 heteroatoms. The van der Waals surface area contributed by atoms with Crippen molar-refractivity contribution >= 4 is 5.91 Å². The van der Waals surface area contributed by atoms with Crippen LogP contribution in [0.5, 0.6) is 0 Å². The van der Waals surface area contributed by atoms with E-state index in [0.717, 1.165) is 18.7 Å². The van der Waals surface area contributed by atoms with E-state index in [-0.39, 0.29) is 5.91 Å². The number of hydrogen-bond donors (Lipinski definition) is 2. The van der Waals surface area contributed by atoms with Crippen molar-refractivity contribution < 1.29 is 4.79 Å². The van der Waals surface area contributed by atoms with Gasteiger partial charge in [-0.15, -0.1) is 0 Å². The summed E-state index contributed by atoms with van der Waals surface area (Å²) in [5.74, 6) is 0.859. The van der Waals surface area contributed by atoms with E-state index in [1.54, 1.807) is 36.9 Å². The van der Waals surface area contributed by atoms with Crippen molar-refractivity contribution in [3.8, 4) is 0 Å². The van der Waals surface area contributed by atoms with Gasteiger partial charge in [0, 0.05) is 37.8 Å². The minimum atomic E-state index is -0.0856. The van der Waals surface area contributed by atoms with Crippen LogP contribution in [-0.4, -0.2) is 27.4 Å². The van der Waals surface area contributed by atoms with Crippen molar-refractivity contribution in [2.45, 2.75) is 12.8 Å². The zero-order chi connectivity index (χ0) is 11.9. The van der Waals surface area contributed by atoms with Crippen molar-refractivity contribution in [3.05, 3.63) is 48.3 Å². The summed E-state index contributed by atoms with van der Waals surface area (Å²) in [5.41, 5.74) is 0.588. The number of amides is 1. The Labute approximate surface area is 99.3 Å². The molecule has 17 heavy (non-hydrogen) atoms. The van der Waals surface area contributed by atoms with E-state index in [1.165, 1.54) is 0 Å². The van der Waals surface area contributed by atoms with Crippen molar-refractivity contribution in [1.82, 2.24) is 20.3 Å². The van der Waals surface area contributed by atoms with E-state index in [1.807, 2.05) is 0 Å². The van der Waals surface area contributed by atoms with Gasteiger partial charge in [0.05, 0.1) is 5.56 Å². The number of nitrogens with zero attached hydrogens (tertiary/aromatic N) is 2. The van der Waals surface area contributed by atoms with Crippen molar-refractivity contribution in [3.63, 3.8) is 0 Å². The summed E-state index contributed by atoms with van der Waals surface area (Å²) >= 11 is 0. The highest BCUT2D eigenvalue weighted by Crippen LogP contribution is 1.96. The largest absolute Gasteiger partial charge is 0.352 e. The zero-order valence-corrected chi connectivity index (χ0v) is 9.39. The van der Waals surface area contributed by atoms with E-state index in [0.29, 0.717) is 12.1 Å². The fourth-order valence-electron chi connectivity index (χ4n) is 1.49. The molecule has 2 heterocycles. The van der Waals surface area contributed by atoms with Crippen molar-refractivity contribution in [2.75, 3.05) is 6.54 Å². The van der Waals surface area contributed by atoms with Crippen molar-refractivity contribution in [1.29, 1.82) is 0 Å². The average molecular weight is 230 g/mol. The van der Waals surface area contributed by atoms with Crippen LogP contribution in [0.2, 0.25) is 0 Å². The number of aromatic amines is 1. The molecular formula is C12H14N4O. The van der Waals surface area contributed by atoms with Crippen molar-refractivity contribution in [2.24, 2.45) is 0 Å². The fraction of sp³-hybridized carbons (Fsp3) is 0.250. The van der Waals surface area contributed by atoms with Crippen LogP contribution in [0.3, 0.4) is 0 Å². The number of rotatable bonds is 5. The first-order chi connectivity index (χ1) is 8.36. The SMILES string of the molecule is O=C(NCCCc1ncc[nH]1)c1cccnc1. The molecule has 88 valence electrons. The monoisotopic (exact) mass is 230 g/mol. The molecule has 2 aromatic rings. The highest BCUT2D eigenvalue weighted by Gasteiger charge is 2.03. The summed E-state index contributed by atoms with van der Waals surface area (Å²) in [6.45, 7) is 0.633. The Morgan fingerprint density at radius 2 is 2.35 bits per heavy atom. The molecule has 0 radical (unpaired) electrons. The topological polar surface area (TPSA) is 70.7 Å². The minimum Gasteiger partial charge on any atom is -0.352 e. The van der Waals surface area contributed by atoms with Crippen LogP contribution in [0, 0.1) is 0 Å². The Morgan fingerprint density at radius 3 is 3.06 bits per heavy atom. The first-order valence-electron chi connectivity index (χ1n) is 5.53. The molecule has 0 unspecified atom stereocenters. The van der Waals surface area contributed by atoms with Gasteiger partial charge in [0.1, 0.15) is 5.82 Å². The van der Waals surface area contributed by atoms with Gasteiger partial charge in [0.15, 0.2) is 0 Å². The Kier molecular flexibility index (Phi) is 3.85. The lowest BCUT2D eigenvalue weighted by Crippen LogP contribution is -2.24. The molecule has 0 aliphatic carbocycles. The molecule has 0 saturated heterocycles. The Hall–Kier alpha value is -2.17. The zero-order valence-electron chi connectivity index (χ0n) is 9.39. The highest BCUT2D eigenvalue weighted by atomic mass is 16.1. The third-order valence-electron chi connectivity index (χ3n) is 2.35. The molecule has 2 rings (SSSR count). The predicted molar refractivity (Wildman–Crippen MR) is 63.5 cm³/mol. The molecule has 0 saturated carbocycles. The Bertz CT molecular complexity index is 453. The van der Waals surface area contributed by atoms with Crippen LogP contribution in [0.4, 0.5) is 0 Å². The number of carbonyl (C=O) groups excluding carboxylic acids is 1. The molecule has 2 N–H and O–H groups in total. The maximum atomic E-state index is 11.6. The number of H-pyrrole nitrogens is 1. The second-order valence-corrected chi connectivity index (χ2v) is 3.64. The summed E-state index contributed by atoms with van der Waals surface area (Å²) in [4.78, 5) is 22.7. The summed E-state index contributed by atoms with van der Waals surface area (Å²) in [5, 5.41) is 2.84. The van der Waals surface area contributed by atoms with Gasteiger partial charge in [-0.3, -0.25) is 9.78 Å². The van der Waals surface area contributed by atoms with E-state index < -0.39 is 0 Å². The van der Waals surface area contributed by atoms with Gasteiger partial charge >= 0.3 is 0 Å². The second-order valence-electron chi connectivity index (χ2n) is 3.64. The van der Waals surface area contributed by atoms with Crippen LogP contribution in [0.25, 0.3) is 0 Å². The van der Waals surface area contributed by atoms with Gasteiger partial charge in [-0.25, -0.2) is 4.98 Å². The molecule has 5 nitrogen and oxygen atoms in total. The standard InChI is InChI=1S/C12H14N4O/c17-12(10-3-1-5-13-9-10)16-6-2-4-11-14-7-8-15-11/h1,3,5,7-9H,2,4,6H2,(H,14,15)(H,16,17). The summed E-state index contributed by atoms with van der Waals surface area (Å²) in [6.07, 6.45) is 8.42.